The lowest BCUT2D eigenvalue weighted by Crippen LogP contribution is -2.13. The molecule has 2 aromatic rings. The van der Waals surface area contributed by atoms with Crippen LogP contribution >= 0.6 is 0 Å². The number of hydrogen-bond acceptors (Lipinski definition) is 4. The average molecular weight is 290 g/mol. The Labute approximate surface area is 121 Å². The maximum absolute atomic E-state index is 13.4. The fraction of sp³-hybridized carbons (Fsp3) is 0.133. The highest BCUT2D eigenvalue weighted by molar-refractivity contribution is 6.06. The van der Waals surface area contributed by atoms with Gasteiger partial charge in [-0.1, -0.05) is 0 Å². The minimum absolute atomic E-state index is 0.0232. The van der Waals surface area contributed by atoms with Crippen molar-refractivity contribution in [3.63, 3.8) is 0 Å². The highest BCUT2D eigenvalue weighted by atomic mass is 19.1. The molecule has 2 rings (SSSR count). The van der Waals surface area contributed by atoms with Crippen LogP contribution < -0.4 is 20.5 Å². The standard InChI is InChI=1S/C15H15FN2O3/c1-20-10-4-5-11(14(8-10)21-2)15(19)18-9-3-6-13(17)12(16)7-9/h3-8H,17H2,1-2H3,(H,18,19). The molecule has 0 unspecified atom stereocenters. The van der Waals surface area contributed by atoms with E-state index < -0.39 is 11.7 Å². The monoisotopic (exact) mass is 290 g/mol. The number of carbonyl (C=O) groups is 1. The number of halogens is 1. The van der Waals surface area contributed by atoms with E-state index in [0.717, 1.165) is 6.07 Å². The van der Waals surface area contributed by atoms with E-state index in [1.165, 1.54) is 26.4 Å². The summed E-state index contributed by atoms with van der Waals surface area (Å²) < 4.78 is 23.6. The van der Waals surface area contributed by atoms with Gasteiger partial charge in [-0.2, -0.15) is 0 Å². The minimum Gasteiger partial charge on any atom is -0.497 e. The van der Waals surface area contributed by atoms with Crippen molar-refractivity contribution < 1.29 is 18.7 Å². The number of nitrogens with one attached hydrogen (secondary N) is 1. The summed E-state index contributed by atoms with van der Waals surface area (Å²) in [5, 5.41) is 2.58. The molecule has 0 aliphatic rings. The molecule has 0 saturated carbocycles. The molecule has 3 N–H and O–H groups in total. The summed E-state index contributed by atoms with van der Waals surface area (Å²) in [6.45, 7) is 0. The number of nitrogen functional groups attached to an aromatic ring is 1. The van der Waals surface area contributed by atoms with Gasteiger partial charge in [-0.3, -0.25) is 4.79 Å². The van der Waals surface area contributed by atoms with Crippen molar-refractivity contribution in [1.29, 1.82) is 0 Å². The van der Waals surface area contributed by atoms with Crippen LogP contribution in [-0.2, 0) is 0 Å². The zero-order valence-electron chi connectivity index (χ0n) is 11.6. The van der Waals surface area contributed by atoms with Crippen molar-refractivity contribution in [1.82, 2.24) is 0 Å². The number of anilines is 2. The van der Waals surface area contributed by atoms with Gasteiger partial charge < -0.3 is 20.5 Å². The number of nitrogens with two attached hydrogens (primary N) is 1. The zero-order valence-corrected chi connectivity index (χ0v) is 11.6. The van der Waals surface area contributed by atoms with Gasteiger partial charge in [-0.25, -0.2) is 4.39 Å². The molecule has 0 heterocycles. The lowest BCUT2D eigenvalue weighted by atomic mass is 10.1. The van der Waals surface area contributed by atoms with Gasteiger partial charge in [0, 0.05) is 11.8 Å². The molecule has 0 saturated heterocycles. The molecule has 0 spiro atoms. The number of carbonyl (C=O) groups excluding carboxylic acids is 1. The molecule has 0 atom stereocenters. The molecular formula is C15H15FN2O3. The van der Waals surface area contributed by atoms with Crippen molar-refractivity contribution in [2.45, 2.75) is 0 Å². The van der Waals surface area contributed by atoms with Gasteiger partial charge in [0.25, 0.3) is 5.91 Å². The van der Waals surface area contributed by atoms with Crippen molar-refractivity contribution in [3.05, 3.63) is 47.8 Å². The Hall–Kier alpha value is -2.76. The van der Waals surface area contributed by atoms with Crippen molar-refractivity contribution in [3.8, 4) is 11.5 Å². The van der Waals surface area contributed by atoms with E-state index in [9.17, 15) is 9.18 Å². The van der Waals surface area contributed by atoms with Gasteiger partial charge in [0.15, 0.2) is 0 Å². The third kappa shape index (κ3) is 3.22. The fourth-order valence-corrected chi connectivity index (χ4v) is 1.79. The largest absolute Gasteiger partial charge is 0.497 e. The van der Waals surface area contributed by atoms with Gasteiger partial charge in [0.2, 0.25) is 0 Å². The lowest BCUT2D eigenvalue weighted by molar-refractivity contribution is 0.102. The van der Waals surface area contributed by atoms with Crippen molar-refractivity contribution in [2.75, 3.05) is 25.3 Å². The van der Waals surface area contributed by atoms with E-state index in [2.05, 4.69) is 5.32 Å². The SMILES string of the molecule is COc1ccc(C(=O)Nc2ccc(N)c(F)c2)c(OC)c1. The van der Waals surface area contributed by atoms with Gasteiger partial charge >= 0.3 is 0 Å². The predicted molar refractivity (Wildman–Crippen MR) is 78.3 cm³/mol. The van der Waals surface area contributed by atoms with Crippen LogP contribution in [0.4, 0.5) is 15.8 Å². The van der Waals surface area contributed by atoms with Crippen LogP contribution in [0.25, 0.3) is 0 Å². The molecule has 0 aliphatic heterocycles. The highest BCUT2D eigenvalue weighted by Gasteiger charge is 2.14. The molecule has 21 heavy (non-hydrogen) atoms. The van der Waals surface area contributed by atoms with E-state index in [1.54, 1.807) is 18.2 Å². The first-order valence-electron chi connectivity index (χ1n) is 6.13. The molecule has 6 heteroatoms. The second-order valence-electron chi connectivity index (χ2n) is 4.26. The molecule has 0 fully saturated rings. The third-order valence-corrected chi connectivity index (χ3v) is 2.91. The maximum atomic E-state index is 13.4. The predicted octanol–water partition coefficient (Wildman–Crippen LogP) is 2.68. The summed E-state index contributed by atoms with van der Waals surface area (Å²) in [5.41, 5.74) is 6.03. The first kappa shape index (κ1) is 14.6. The summed E-state index contributed by atoms with van der Waals surface area (Å²) in [6.07, 6.45) is 0. The Morgan fingerprint density at radius 2 is 1.90 bits per heavy atom. The Morgan fingerprint density at radius 3 is 2.52 bits per heavy atom. The molecule has 1 amide bonds. The molecule has 0 bridgehead atoms. The molecule has 5 nitrogen and oxygen atoms in total. The van der Waals surface area contributed by atoms with Crippen LogP contribution in [0.5, 0.6) is 11.5 Å². The summed E-state index contributed by atoms with van der Waals surface area (Å²) in [5.74, 6) is -0.0714. The van der Waals surface area contributed by atoms with E-state index >= 15 is 0 Å². The highest BCUT2D eigenvalue weighted by Crippen LogP contribution is 2.25. The van der Waals surface area contributed by atoms with Gasteiger partial charge in [-0.05, 0) is 30.3 Å². The van der Waals surface area contributed by atoms with Crippen molar-refractivity contribution in [2.24, 2.45) is 0 Å². The quantitative estimate of drug-likeness (QED) is 0.849. The second-order valence-corrected chi connectivity index (χ2v) is 4.26. The zero-order chi connectivity index (χ0) is 15.4. The van der Waals surface area contributed by atoms with Crippen LogP contribution in [0.3, 0.4) is 0 Å². The average Bonchev–Trinajstić information content (AvgIpc) is 2.50. The topological polar surface area (TPSA) is 73.6 Å². The summed E-state index contributed by atoms with van der Waals surface area (Å²) >= 11 is 0. The van der Waals surface area contributed by atoms with E-state index in [-0.39, 0.29) is 5.69 Å². The van der Waals surface area contributed by atoms with Crippen molar-refractivity contribution >= 4 is 17.3 Å². The molecular weight excluding hydrogens is 275 g/mol. The lowest BCUT2D eigenvalue weighted by Gasteiger charge is -2.11. The summed E-state index contributed by atoms with van der Waals surface area (Å²) in [6, 6.07) is 8.87. The molecule has 0 aliphatic carbocycles. The number of rotatable bonds is 4. The summed E-state index contributed by atoms with van der Waals surface area (Å²) in [7, 11) is 2.97. The molecule has 0 radical (unpaired) electrons. The van der Waals surface area contributed by atoms with Crippen LogP contribution in [0.1, 0.15) is 10.4 Å². The Morgan fingerprint density at radius 1 is 1.14 bits per heavy atom. The number of benzene rings is 2. The Kier molecular flexibility index (Phi) is 4.27. The van der Waals surface area contributed by atoms with Gasteiger partial charge in [0.05, 0.1) is 25.5 Å². The minimum atomic E-state index is -0.588. The molecule has 110 valence electrons. The number of hydrogen-bond donors (Lipinski definition) is 2. The first-order chi connectivity index (χ1) is 10.0. The number of methoxy groups -OCH3 is 2. The Bertz CT molecular complexity index is 674. The van der Waals surface area contributed by atoms with E-state index in [0.29, 0.717) is 22.7 Å². The van der Waals surface area contributed by atoms with Crippen LogP contribution in [0.15, 0.2) is 36.4 Å². The van der Waals surface area contributed by atoms with Gasteiger partial charge in [-0.15, -0.1) is 0 Å². The normalized spacial score (nSPS) is 10.0. The van der Waals surface area contributed by atoms with Gasteiger partial charge in [0.1, 0.15) is 17.3 Å². The van der Waals surface area contributed by atoms with E-state index in [1.807, 2.05) is 0 Å². The van der Waals surface area contributed by atoms with Crippen LogP contribution in [-0.4, -0.2) is 20.1 Å². The maximum Gasteiger partial charge on any atom is 0.259 e. The first-order valence-corrected chi connectivity index (χ1v) is 6.13. The molecule has 2 aromatic carbocycles. The van der Waals surface area contributed by atoms with Crippen LogP contribution in [0, 0.1) is 5.82 Å². The number of amides is 1. The number of ether oxygens (including phenoxy) is 2. The second kappa shape index (κ2) is 6.13. The van der Waals surface area contributed by atoms with E-state index in [4.69, 9.17) is 15.2 Å². The molecule has 0 aromatic heterocycles. The summed E-state index contributed by atoms with van der Waals surface area (Å²) in [4.78, 5) is 12.2. The smallest absolute Gasteiger partial charge is 0.259 e. The Balaban J connectivity index is 2.25. The third-order valence-electron chi connectivity index (χ3n) is 2.91. The fourth-order valence-electron chi connectivity index (χ4n) is 1.79. The van der Waals surface area contributed by atoms with Crippen LogP contribution in [0.2, 0.25) is 0 Å².